The highest BCUT2D eigenvalue weighted by atomic mass is 31.2. The molecule has 0 radical (unpaired) electrons. The summed E-state index contributed by atoms with van der Waals surface area (Å²) in [5.74, 6) is 0. The van der Waals surface area contributed by atoms with Gasteiger partial charge in [0.15, 0.2) is 0 Å². The Kier molecular flexibility index (Phi) is 6.55. The highest BCUT2D eigenvalue weighted by Crippen LogP contribution is 2.51. The van der Waals surface area contributed by atoms with Gasteiger partial charge < -0.3 is 0 Å². The molecular weight excluding hydrogens is 379 g/mol. The first-order chi connectivity index (χ1) is 13.4. The maximum absolute atomic E-state index is 6.83. The van der Waals surface area contributed by atoms with Gasteiger partial charge in [-0.1, -0.05) is 18.2 Å². The van der Waals surface area contributed by atoms with E-state index in [0.29, 0.717) is 0 Å². The van der Waals surface area contributed by atoms with Gasteiger partial charge in [0, 0.05) is 27.5 Å². The SMILES string of the molecule is CC1(C)CCCC(C)(C)N1OP(ON1C(C)(C)CCCC1(C)C)c1ccccc1. The third-order valence-corrected chi connectivity index (χ3v) is 7.98. The molecule has 2 fully saturated rings. The van der Waals surface area contributed by atoms with Gasteiger partial charge in [0.05, 0.1) is 0 Å². The van der Waals surface area contributed by atoms with Crippen LogP contribution >= 0.6 is 8.38 Å². The molecule has 5 heteroatoms. The smallest absolute Gasteiger partial charge is 0.239 e. The molecule has 0 aromatic heterocycles. The Morgan fingerprint density at radius 2 is 0.966 bits per heavy atom. The molecule has 0 N–H and O–H groups in total. The predicted octanol–water partition coefficient (Wildman–Crippen LogP) is 6.57. The Morgan fingerprint density at radius 1 is 0.621 bits per heavy atom. The number of hydroxylamine groups is 4. The van der Waals surface area contributed by atoms with Crippen molar-refractivity contribution < 1.29 is 9.25 Å². The number of rotatable bonds is 5. The van der Waals surface area contributed by atoms with Gasteiger partial charge in [-0.05, 0) is 106 Å². The van der Waals surface area contributed by atoms with Gasteiger partial charge in [0.25, 0.3) is 0 Å². The third-order valence-electron chi connectivity index (χ3n) is 6.63. The van der Waals surface area contributed by atoms with E-state index in [4.69, 9.17) is 9.25 Å². The van der Waals surface area contributed by atoms with Crippen molar-refractivity contribution in [3.8, 4) is 0 Å². The van der Waals surface area contributed by atoms with E-state index < -0.39 is 8.38 Å². The van der Waals surface area contributed by atoms with E-state index in [9.17, 15) is 0 Å². The molecule has 3 rings (SSSR count). The van der Waals surface area contributed by atoms with Gasteiger partial charge >= 0.3 is 0 Å². The van der Waals surface area contributed by atoms with Gasteiger partial charge in [-0.3, -0.25) is 0 Å². The first-order valence-electron chi connectivity index (χ1n) is 11.2. The quantitative estimate of drug-likeness (QED) is 0.503. The molecule has 2 heterocycles. The second kappa shape index (κ2) is 8.20. The standard InChI is InChI=1S/C24H41N2O2P/c1-21(2)16-12-17-22(3,4)25(21)27-29(20-14-10-9-11-15-20)28-26-23(5,6)18-13-19-24(26,7)8/h9-11,14-15H,12-13,16-19H2,1-8H3. The number of hydrogen-bond acceptors (Lipinski definition) is 4. The second-order valence-corrected chi connectivity index (χ2v) is 12.7. The zero-order valence-electron chi connectivity index (χ0n) is 19.8. The number of benzene rings is 1. The Labute approximate surface area is 179 Å². The van der Waals surface area contributed by atoms with E-state index in [1.165, 1.54) is 12.8 Å². The van der Waals surface area contributed by atoms with E-state index >= 15 is 0 Å². The Hall–Kier alpha value is -0.510. The summed E-state index contributed by atoms with van der Waals surface area (Å²) in [4.78, 5) is 0. The minimum absolute atomic E-state index is 0.0204. The Morgan fingerprint density at radius 3 is 1.31 bits per heavy atom. The van der Waals surface area contributed by atoms with E-state index in [-0.39, 0.29) is 22.2 Å². The van der Waals surface area contributed by atoms with Crippen LogP contribution in [0.5, 0.6) is 0 Å². The molecular formula is C24H41N2O2P. The maximum atomic E-state index is 6.83. The van der Waals surface area contributed by atoms with Crippen molar-refractivity contribution in [3.05, 3.63) is 30.3 Å². The maximum Gasteiger partial charge on any atom is 0.245 e. The van der Waals surface area contributed by atoms with Crippen LogP contribution in [0.4, 0.5) is 0 Å². The normalized spacial score (nSPS) is 26.5. The van der Waals surface area contributed by atoms with Crippen LogP contribution in [0, 0.1) is 0 Å². The summed E-state index contributed by atoms with van der Waals surface area (Å²) in [5.41, 5.74) is -0.0817. The first kappa shape index (κ1) is 23.2. The summed E-state index contributed by atoms with van der Waals surface area (Å²) < 4.78 is 13.7. The molecule has 0 saturated carbocycles. The molecule has 0 aliphatic carbocycles. The minimum atomic E-state index is -1.28. The summed E-state index contributed by atoms with van der Waals surface area (Å²) in [7, 11) is -1.28. The third kappa shape index (κ3) is 5.05. The second-order valence-electron chi connectivity index (χ2n) is 11.3. The molecule has 0 unspecified atom stereocenters. The van der Waals surface area contributed by atoms with Crippen LogP contribution in [-0.4, -0.2) is 32.3 Å². The molecule has 2 saturated heterocycles. The Balaban J connectivity index is 1.94. The van der Waals surface area contributed by atoms with Crippen LogP contribution in [0.3, 0.4) is 0 Å². The molecule has 0 amide bonds. The Bertz CT molecular complexity index is 615. The van der Waals surface area contributed by atoms with Gasteiger partial charge in [-0.15, -0.1) is 0 Å². The molecule has 0 spiro atoms. The van der Waals surface area contributed by atoms with Gasteiger partial charge in [-0.2, -0.15) is 10.1 Å². The van der Waals surface area contributed by atoms with Crippen LogP contribution in [0.1, 0.15) is 93.9 Å². The van der Waals surface area contributed by atoms with Crippen molar-refractivity contribution >= 4 is 13.7 Å². The summed E-state index contributed by atoms with van der Waals surface area (Å²) in [6, 6.07) is 10.5. The topological polar surface area (TPSA) is 24.9 Å². The fourth-order valence-corrected chi connectivity index (χ4v) is 7.02. The van der Waals surface area contributed by atoms with Crippen molar-refractivity contribution in [2.24, 2.45) is 0 Å². The summed E-state index contributed by atoms with van der Waals surface area (Å²) in [5, 5.41) is 5.61. The van der Waals surface area contributed by atoms with E-state index in [2.05, 4.69) is 95.8 Å². The predicted molar refractivity (Wildman–Crippen MR) is 123 cm³/mol. The molecule has 0 bridgehead atoms. The van der Waals surface area contributed by atoms with Gasteiger partial charge in [0.2, 0.25) is 8.38 Å². The lowest BCUT2D eigenvalue weighted by Gasteiger charge is -2.54. The van der Waals surface area contributed by atoms with Crippen molar-refractivity contribution in [3.63, 3.8) is 0 Å². The fourth-order valence-electron chi connectivity index (χ4n) is 5.20. The van der Waals surface area contributed by atoms with E-state index in [1.54, 1.807) is 0 Å². The van der Waals surface area contributed by atoms with Crippen molar-refractivity contribution in [1.82, 2.24) is 10.1 Å². The van der Waals surface area contributed by atoms with Crippen LogP contribution in [0.2, 0.25) is 0 Å². The van der Waals surface area contributed by atoms with Crippen LogP contribution < -0.4 is 5.30 Å². The molecule has 164 valence electrons. The lowest BCUT2D eigenvalue weighted by molar-refractivity contribution is -0.250. The van der Waals surface area contributed by atoms with Crippen molar-refractivity contribution in [1.29, 1.82) is 0 Å². The molecule has 1 aromatic rings. The first-order valence-corrected chi connectivity index (χ1v) is 12.4. The summed E-state index contributed by atoms with van der Waals surface area (Å²) >= 11 is 0. The van der Waals surface area contributed by atoms with Gasteiger partial charge in [-0.25, -0.2) is 9.25 Å². The largest absolute Gasteiger partial charge is 0.245 e. The number of hydrogen-bond donors (Lipinski definition) is 0. The van der Waals surface area contributed by atoms with Crippen molar-refractivity contribution in [2.45, 2.75) is 116 Å². The minimum Gasteiger partial charge on any atom is -0.239 e. The summed E-state index contributed by atoms with van der Waals surface area (Å²) in [6.07, 6.45) is 7.00. The van der Waals surface area contributed by atoms with Gasteiger partial charge in [0.1, 0.15) is 0 Å². The van der Waals surface area contributed by atoms with E-state index in [0.717, 1.165) is 31.0 Å². The average molecular weight is 421 g/mol. The van der Waals surface area contributed by atoms with E-state index in [1.807, 2.05) is 0 Å². The van der Waals surface area contributed by atoms with Crippen LogP contribution in [-0.2, 0) is 9.25 Å². The lowest BCUT2D eigenvalue weighted by Crippen LogP contribution is -2.59. The monoisotopic (exact) mass is 420 g/mol. The average Bonchev–Trinajstić information content (AvgIpc) is 2.59. The molecule has 4 nitrogen and oxygen atoms in total. The van der Waals surface area contributed by atoms with Crippen molar-refractivity contribution in [2.75, 3.05) is 0 Å². The van der Waals surface area contributed by atoms with Crippen LogP contribution in [0.25, 0.3) is 0 Å². The number of nitrogens with zero attached hydrogens (tertiary/aromatic N) is 2. The zero-order chi connectivity index (χ0) is 21.5. The highest BCUT2D eigenvalue weighted by molar-refractivity contribution is 7.55. The van der Waals surface area contributed by atoms with Crippen LogP contribution in [0.15, 0.2) is 30.3 Å². The molecule has 2 aliphatic rings. The lowest BCUT2D eigenvalue weighted by atomic mass is 9.82. The zero-order valence-corrected chi connectivity index (χ0v) is 20.7. The molecule has 0 atom stereocenters. The highest BCUT2D eigenvalue weighted by Gasteiger charge is 2.47. The fraction of sp³-hybridized carbons (Fsp3) is 0.750. The molecule has 29 heavy (non-hydrogen) atoms. The number of piperidine rings is 2. The summed E-state index contributed by atoms with van der Waals surface area (Å²) in [6.45, 7) is 18.3. The molecule has 1 aromatic carbocycles. The molecule has 2 aliphatic heterocycles.